The highest BCUT2D eigenvalue weighted by molar-refractivity contribution is 8.18. The Hall–Kier alpha value is -2.08. The van der Waals surface area contributed by atoms with Crippen LogP contribution in [0.3, 0.4) is 0 Å². The second-order valence-corrected chi connectivity index (χ2v) is 5.90. The zero-order valence-corrected chi connectivity index (χ0v) is 12.9. The summed E-state index contributed by atoms with van der Waals surface area (Å²) in [7, 11) is 0. The van der Waals surface area contributed by atoms with Crippen molar-refractivity contribution < 1.29 is 14.7 Å². The molecule has 1 amide bonds. The minimum Gasteiger partial charge on any atom is -0.481 e. The fourth-order valence-corrected chi connectivity index (χ4v) is 2.79. The molecule has 1 aromatic carbocycles. The van der Waals surface area contributed by atoms with Crippen molar-refractivity contribution in [1.82, 2.24) is 5.32 Å². The largest absolute Gasteiger partial charge is 0.481 e. The molecule has 1 aliphatic rings. The van der Waals surface area contributed by atoms with E-state index in [9.17, 15) is 9.59 Å². The first-order valence-electron chi connectivity index (χ1n) is 7.17. The van der Waals surface area contributed by atoms with E-state index in [2.05, 4.69) is 10.3 Å². The summed E-state index contributed by atoms with van der Waals surface area (Å²) in [6, 6.07) is 9.67. The number of rotatable bonds is 7. The normalized spacial score (nSPS) is 17.9. The fourth-order valence-electron chi connectivity index (χ4n) is 1.95. The quantitative estimate of drug-likeness (QED) is 0.598. The topological polar surface area (TPSA) is 78.8 Å². The molecule has 0 bridgehead atoms. The van der Waals surface area contributed by atoms with Crippen LogP contribution in [0.4, 0.5) is 0 Å². The molecular formula is C16H18N2O3S. The van der Waals surface area contributed by atoms with E-state index in [1.54, 1.807) is 0 Å². The van der Waals surface area contributed by atoms with Crippen LogP contribution in [0, 0.1) is 0 Å². The van der Waals surface area contributed by atoms with Gasteiger partial charge in [0.05, 0.1) is 4.91 Å². The number of amides is 1. The van der Waals surface area contributed by atoms with Crippen LogP contribution in [0.15, 0.2) is 40.2 Å². The predicted molar refractivity (Wildman–Crippen MR) is 88.6 cm³/mol. The zero-order valence-electron chi connectivity index (χ0n) is 12.1. The van der Waals surface area contributed by atoms with Crippen molar-refractivity contribution in [1.29, 1.82) is 0 Å². The molecule has 116 valence electrons. The van der Waals surface area contributed by atoms with Gasteiger partial charge in [-0.15, -0.1) is 0 Å². The van der Waals surface area contributed by atoms with Gasteiger partial charge in [-0.2, -0.15) is 0 Å². The second kappa shape index (κ2) is 8.38. The number of nitrogens with zero attached hydrogens (tertiary/aromatic N) is 1. The van der Waals surface area contributed by atoms with Crippen molar-refractivity contribution in [3.63, 3.8) is 0 Å². The van der Waals surface area contributed by atoms with E-state index in [4.69, 9.17) is 5.11 Å². The lowest BCUT2D eigenvalue weighted by Gasteiger charge is -1.97. The summed E-state index contributed by atoms with van der Waals surface area (Å²) in [5, 5.41) is 11.9. The van der Waals surface area contributed by atoms with Crippen molar-refractivity contribution in [2.24, 2.45) is 4.99 Å². The number of amidine groups is 1. The van der Waals surface area contributed by atoms with Gasteiger partial charge in [-0.25, -0.2) is 0 Å². The highest BCUT2D eigenvalue weighted by Gasteiger charge is 2.23. The first kappa shape index (κ1) is 16.3. The Morgan fingerprint density at radius 3 is 2.73 bits per heavy atom. The van der Waals surface area contributed by atoms with Gasteiger partial charge in [-0.3, -0.25) is 14.6 Å². The van der Waals surface area contributed by atoms with Crippen LogP contribution in [-0.4, -0.2) is 28.7 Å². The molecule has 6 heteroatoms. The van der Waals surface area contributed by atoms with E-state index in [1.807, 2.05) is 36.4 Å². The highest BCUT2D eigenvalue weighted by atomic mass is 32.2. The molecule has 2 N–H and O–H groups in total. The third-order valence-electron chi connectivity index (χ3n) is 3.05. The van der Waals surface area contributed by atoms with Gasteiger partial charge in [0.15, 0.2) is 5.17 Å². The number of benzene rings is 1. The lowest BCUT2D eigenvalue weighted by molar-refractivity contribution is -0.137. The molecule has 0 spiro atoms. The third-order valence-corrected chi connectivity index (χ3v) is 4.00. The van der Waals surface area contributed by atoms with E-state index < -0.39 is 5.97 Å². The molecule has 1 saturated heterocycles. The Balaban J connectivity index is 1.80. The molecule has 0 aliphatic carbocycles. The minimum absolute atomic E-state index is 0.126. The molecule has 0 saturated carbocycles. The molecule has 0 unspecified atom stereocenters. The molecule has 5 nitrogen and oxygen atoms in total. The molecular weight excluding hydrogens is 300 g/mol. The Kier molecular flexibility index (Phi) is 6.21. The van der Waals surface area contributed by atoms with Crippen LogP contribution in [-0.2, 0) is 9.59 Å². The van der Waals surface area contributed by atoms with E-state index in [-0.39, 0.29) is 12.3 Å². The van der Waals surface area contributed by atoms with Crippen molar-refractivity contribution in [2.75, 3.05) is 6.54 Å². The molecule has 1 fully saturated rings. The summed E-state index contributed by atoms with van der Waals surface area (Å²) in [5.41, 5.74) is 0.982. The summed E-state index contributed by atoms with van der Waals surface area (Å²) in [6.07, 6.45) is 4.36. The molecule has 1 aromatic rings. The van der Waals surface area contributed by atoms with Crippen molar-refractivity contribution in [3.8, 4) is 0 Å². The number of hydrogen-bond acceptors (Lipinski definition) is 4. The summed E-state index contributed by atoms with van der Waals surface area (Å²) >= 11 is 1.34. The van der Waals surface area contributed by atoms with E-state index in [0.29, 0.717) is 23.0 Å². The van der Waals surface area contributed by atoms with E-state index in [0.717, 1.165) is 18.4 Å². The molecule has 0 aromatic heterocycles. The maximum absolute atomic E-state index is 11.9. The smallest absolute Gasteiger partial charge is 0.303 e. The van der Waals surface area contributed by atoms with Gasteiger partial charge in [0.2, 0.25) is 0 Å². The standard InChI is InChI=1S/C16H18N2O3S/c19-14(20)9-5-2-6-10-17-16-18-15(21)13(22-16)11-12-7-3-1-4-8-12/h1,3-4,7-8,11H,2,5-6,9-10H2,(H,19,20)(H,17,18,21)/b13-11-. The van der Waals surface area contributed by atoms with Gasteiger partial charge in [-0.05, 0) is 36.2 Å². The Labute approximate surface area is 133 Å². The van der Waals surface area contributed by atoms with Gasteiger partial charge in [-0.1, -0.05) is 36.8 Å². The molecule has 1 heterocycles. The first-order valence-corrected chi connectivity index (χ1v) is 7.99. The number of aliphatic imine (C=N–C) groups is 1. The van der Waals surface area contributed by atoms with Crippen LogP contribution in [0.5, 0.6) is 0 Å². The summed E-state index contributed by atoms with van der Waals surface area (Å²) < 4.78 is 0. The average molecular weight is 318 g/mol. The van der Waals surface area contributed by atoms with E-state index in [1.165, 1.54) is 11.8 Å². The van der Waals surface area contributed by atoms with Crippen LogP contribution in [0.1, 0.15) is 31.2 Å². The average Bonchev–Trinajstić information content (AvgIpc) is 2.84. The fraction of sp³-hybridized carbons (Fsp3) is 0.312. The summed E-state index contributed by atoms with van der Waals surface area (Å²) in [4.78, 5) is 27.2. The Morgan fingerprint density at radius 2 is 2.00 bits per heavy atom. The predicted octanol–water partition coefficient (Wildman–Crippen LogP) is 2.89. The SMILES string of the molecule is O=C(O)CCCCCN=C1NC(=O)/C(=C/c2ccccc2)S1. The van der Waals surface area contributed by atoms with Gasteiger partial charge < -0.3 is 10.4 Å². The number of carbonyl (C=O) groups excluding carboxylic acids is 1. The van der Waals surface area contributed by atoms with Gasteiger partial charge >= 0.3 is 5.97 Å². The summed E-state index contributed by atoms with van der Waals surface area (Å²) in [5.74, 6) is -0.890. The van der Waals surface area contributed by atoms with Crippen LogP contribution >= 0.6 is 11.8 Å². The molecule has 1 aliphatic heterocycles. The van der Waals surface area contributed by atoms with Crippen LogP contribution in [0.25, 0.3) is 6.08 Å². The number of carboxylic acids is 1. The maximum Gasteiger partial charge on any atom is 0.303 e. The summed E-state index contributed by atoms with van der Waals surface area (Å²) in [6.45, 7) is 0.598. The zero-order chi connectivity index (χ0) is 15.8. The molecule has 0 radical (unpaired) electrons. The van der Waals surface area contributed by atoms with Gasteiger partial charge in [0.25, 0.3) is 5.91 Å². The first-order chi connectivity index (χ1) is 10.6. The number of carbonyl (C=O) groups is 2. The number of hydrogen-bond donors (Lipinski definition) is 2. The van der Waals surface area contributed by atoms with Crippen LogP contribution < -0.4 is 5.32 Å². The van der Waals surface area contributed by atoms with Gasteiger partial charge in [0, 0.05) is 13.0 Å². The van der Waals surface area contributed by atoms with Crippen molar-refractivity contribution in [2.45, 2.75) is 25.7 Å². The molecule has 22 heavy (non-hydrogen) atoms. The molecule has 0 atom stereocenters. The van der Waals surface area contributed by atoms with Crippen molar-refractivity contribution >= 4 is 34.9 Å². The second-order valence-electron chi connectivity index (χ2n) is 4.87. The molecule has 2 rings (SSSR count). The van der Waals surface area contributed by atoms with Crippen molar-refractivity contribution in [3.05, 3.63) is 40.8 Å². The van der Waals surface area contributed by atoms with Gasteiger partial charge in [0.1, 0.15) is 0 Å². The number of nitrogens with one attached hydrogen (secondary N) is 1. The minimum atomic E-state index is -0.763. The third kappa shape index (κ3) is 5.37. The lowest BCUT2D eigenvalue weighted by atomic mass is 10.2. The van der Waals surface area contributed by atoms with Crippen LogP contribution in [0.2, 0.25) is 0 Å². The monoisotopic (exact) mass is 318 g/mol. The number of unbranched alkanes of at least 4 members (excludes halogenated alkanes) is 2. The van der Waals surface area contributed by atoms with E-state index >= 15 is 0 Å². The number of aliphatic carboxylic acids is 1. The Bertz CT molecular complexity index is 597. The lowest BCUT2D eigenvalue weighted by Crippen LogP contribution is -2.19. The number of thioether (sulfide) groups is 1. The Morgan fingerprint density at radius 1 is 1.23 bits per heavy atom. The highest BCUT2D eigenvalue weighted by Crippen LogP contribution is 2.25. The maximum atomic E-state index is 11.9. The number of carboxylic acid groups (broad SMARTS) is 1.